The lowest BCUT2D eigenvalue weighted by Crippen LogP contribution is -2.05. The minimum Gasteiger partial charge on any atom is -0.0786 e. The van der Waals surface area contributed by atoms with Gasteiger partial charge >= 0.3 is 0 Å². The van der Waals surface area contributed by atoms with Crippen molar-refractivity contribution in [2.75, 3.05) is 0 Å². The molecule has 2 aromatic rings. The highest BCUT2D eigenvalue weighted by molar-refractivity contribution is 9.09. The van der Waals surface area contributed by atoms with Gasteiger partial charge in [0.25, 0.3) is 0 Å². The van der Waals surface area contributed by atoms with Gasteiger partial charge in [0.05, 0.1) is 4.83 Å². The van der Waals surface area contributed by atoms with Crippen LogP contribution in [0.15, 0.2) is 36.4 Å². The number of alkyl halides is 1. The van der Waals surface area contributed by atoms with E-state index in [-0.39, 0.29) is 4.83 Å². The molecule has 0 heterocycles. The van der Waals surface area contributed by atoms with Gasteiger partial charge in [0.15, 0.2) is 0 Å². The van der Waals surface area contributed by atoms with Crippen LogP contribution in [0.5, 0.6) is 0 Å². The van der Waals surface area contributed by atoms with E-state index < -0.39 is 0 Å². The lowest BCUT2D eigenvalue weighted by Gasteiger charge is -2.20. The summed E-state index contributed by atoms with van der Waals surface area (Å²) in [6.07, 6.45) is 3.28. The molecular weight excluding hydrogens is 320 g/mol. The van der Waals surface area contributed by atoms with E-state index in [0.717, 1.165) is 19.3 Å². The first-order valence-electron chi connectivity index (χ1n) is 7.95. The van der Waals surface area contributed by atoms with E-state index in [2.05, 4.69) is 80.0 Å². The highest BCUT2D eigenvalue weighted by Crippen LogP contribution is 2.36. The Morgan fingerprint density at radius 3 is 1.81 bits per heavy atom. The van der Waals surface area contributed by atoms with Crippen molar-refractivity contribution in [3.05, 3.63) is 69.8 Å². The van der Waals surface area contributed by atoms with Gasteiger partial charge in [-0.1, -0.05) is 78.7 Å². The molecule has 0 saturated heterocycles. The topological polar surface area (TPSA) is 0 Å². The van der Waals surface area contributed by atoms with Crippen molar-refractivity contribution in [3.8, 4) is 0 Å². The average Bonchev–Trinajstić information content (AvgIpc) is 2.53. The van der Waals surface area contributed by atoms with Crippen LogP contribution in [0.25, 0.3) is 0 Å². The minimum absolute atomic E-state index is 0.286. The summed E-state index contributed by atoms with van der Waals surface area (Å²) in [6.45, 7) is 8.89. The van der Waals surface area contributed by atoms with Gasteiger partial charge in [-0.15, -0.1) is 0 Å². The summed E-state index contributed by atoms with van der Waals surface area (Å²) in [4.78, 5) is 0.286. The number of benzene rings is 2. The summed E-state index contributed by atoms with van der Waals surface area (Å²) in [5.41, 5.74) is 8.54. The van der Waals surface area contributed by atoms with Gasteiger partial charge in [-0.25, -0.2) is 0 Å². The van der Waals surface area contributed by atoms with E-state index in [1.54, 1.807) is 0 Å². The van der Waals surface area contributed by atoms with Crippen LogP contribution in [0, 0.1) is 6.92 Å². The second-order valence-corrected chi connectivity index (χ2v) is 6.58. The van der Waals surface area contributed by atoms with Crippen LogP contribution in [0.3, 0.4) is 0 Å². The fraction of sp³-hybridized carbons (Fsp3) is 0.400. The molecule has 0 N–H and O–H groups in total. The Morgan fingerprint density at radius 1 is 0.857 bits per heavy atom. The first-order valence-corrected chi connectivity index (χ1v) is 8.87. The summed E-state index contributed by atoms with van der Waals surface area (Å²) in [5, 5.41) is 0. The molecular formula is C20H25Br. The van der Waals surface area contributed by atoms with Crippen molar-refractivity contribution in [1.29, 1.82) is 0 Å². The number of halogens is 1. The first-order chi connectivity index (χ1) is 10.1. The highest BCUT2D eigenvalue weighted by atomic mass is 79.9. The van der Waals surface area contributed by atoms with E-state index >= 15 is 0 Å². The van der Waals surface area contributed by atoms with Crippen molar-refractivity contribution in [1.82, 2.24) is 0 Å². The number of hydrogen-bond acceptors (Lipinski definition) is 0. The van der Waals surface area contributed by atoms with Gasteiger partial charge in [-0.2, -0.15) is 0 Å². The van der Waals surface area contributed by atoms with Gasteiger partial charge in [-0.3, -0.25) is 0 Å². The zero-order chi connectivity index (χ0) is 15.4. The zero-order valence-corrected chi connectivity index (χ0v) is 15.1. The second kappa shape index (κ2) is 7.26. The smallest absolute Gasteiger partial charge is 0.0649 e. The summed E-state index contributed by atoms with van der Waals surface area (Å²) in [5.74, 6) is 0. The van der Waals surface area contributed by atoms with Crippen molar-refractivity contribution >= 4 is 15.9 Å². The molecule has 0 aliphatic heterocycles. The molecule has 0 spiro atoms. The van der Waals surface area contributed by atoms with Crippen LogP contribution >= 0.6 is 15.9 Å². The van der Waals surface area contributed by atoms with Crippen molar-refractivity contribution in [2.45, 2.75) is 51.8 Å². The van der Waals surface area contributed by atoms with Crippen LogP contribution in [0.1, 0.15) is 59.0 Å². The molecule has 1 heteroatoms. The van der Waals surface area contributed by atoms with E-state index in [0.29, 0.717) is 0 Å². The van der Waals surface area contributed by atoms with Crippen LogP contribution in [-0.2, 0) is 19.3 Å². The molecule has 2 rings (SSSR count). The molecule has 0 aromatic heterocycles. The lowest BCUT2D eigenvalue weighted by atomic mass is 9.89. The maximum Gasteiger partial charge on any atom is 0.0649 e. The number of aryl methyl sites for hydroxylation is 4. The van der Waals surface area contributed by atoms with Gasteiger partial charge in [0.2, 0.25) is 0 Å². The van der Waals surface area contributed by atoms with E-state index in [1.807, 2.05) is 0 Å². The molecule has 112 valence electrons. The molecule has 0 aliphatic rings. The monoisotopic (exact) mass is 344 g/mol. The highest BCUT2D eigenvalue weighted by Gasteiger charge is 2.18. The standard InChI is InChI=1S/C20H25Br/c1-5-15-12-16(6-2)19(17(7-3)13-15)20(21)18-10-8-14(4)9-11-18/h8-13,20H,5-7H2,1-4H3. The molecule has 21 heavy (non-hydrogen) atoms. The Labute approximate surface area is 137 Å². The quantitative estimate of drug-likeness (QED) is 0.569. The predicted octanol–water partition coefficient (Wildman–Crippen LogP) is 6.17. The van der Waals surface area contributed by atoms with Crippen LogP contribution in [0.2, 0.25) is 0 Å². The molecule has 1 atom stereocenters. The molecule has 0 fully saturated rings. The molecule has 0 saturated carbocycles. The van der Waals surface area contributed by atoms with Crippen molar-refractivity contribution in [3.63, 3.8) is 0 Å². The maximum absolute atomic E-state index is 3.95. The lowest BCUT2D eigenvalue weighted by molar-refractivity contribution is 0.974. The molecule has 0 bridgehead atoms. The molecule has 0 nitrogen and oxygen atoms in total. The van der Waals surface area contributed by atoms with Crippen LogP contribution in [0.4, 0.5) is 0 Å². The third kappa shape index (κ3) is 3.58. The van der Waals surface area contributed by atoms with Gasteiger partial charge in [-0.05, 0) is 54.0 Å². The summed E-state index contributed by atoms with van der Waals surface area (Å²) in [6, 6.07) is 13.6. The van der Waals surface area contributed by atoms with Crippen LogP contribution in [-0.4, -0.2) is 0 Å². The molecule has 1 unspecified atom stereocenters. The average molecular weight is 345 g/mol. The minimum atomic E-state index is 0.286. The largest absolute Gasteiger partial charge is 0.0786 e. The Balaban J connectivity index is 2.52. The third-order valence-electron chi connectivity index (χ3n) is 4.20. The van der Waals surface area contributed by atoms with E-state index in [9.17, 15) is 0 Å². The molecule has 0 aliphatic carbocycles. The summed E-state index contributed by atoms with van der Waals surface area (Å²) in [7, 11) is 0. The summed E-state index contributed by atoms with van der Waals surface area (Å²) >= 11 is 3.95. The van der Waals surface area contributed by atoms with Crippen molar-refractivity contribution in [2.24, 2.45) is 0 Å². The molecule has 0 amide bonds. The Morgan fingerprint density at radius 2 is 1.38 bits per heavy atom. The van der Waals surface area contributed by atoms with Crippen LogP contribution < -0.4 is 0 Å². The SMILES string of the molecule is CCc1cc(CC)c(C(Br)c2ccc(C)cc2)c(CC)c1. The number of hydrogen-bond donors (Lipinski definition) is 0. The Bertz CT molecular complexity index is 571. The maximum atomic E-state index is 3.95. The normalized spacial score (nSPS) is 12.4. The van der Waals surface area contributed by atoms with Gasteiger partial charge < -0.3 is 0 Å². The fourth-order valence-electron chi connectivity index (χ4n) is 2.87. The number of rotatable bonds is 5. The second-order valence-electron chi connectivity index (χ2n) is 5.66. The van der Waals surface area contributed by atoms with Crippen molar-refractivity contribution < 1.29 is 0 Å². The molecule has 0 radical (unpaired) electrons. The first kappa shape index (κ1) is 16.3. The van der Waals surface area contributed by atoms with E-state index in [4.69, 9.17) is 0 Å². The van der Waals surface area contributed by atoms with Gasteiger partial charge in [0, 0.05) is 0 Å². The Hall–Kier alpha value is -1.08. The molecule has 2 aromatic carbocycles. The fourth-order valence-corrected chi connectivity index (χ4v) is 3.76. The summed E-state index contributed by atoms with van der Waals surface area (Å²) < 4.78 is 0. The third-order valence-corrected chi connectivity index (χ3v) is 5.19. The zero-order valence-electron chi connectivity index (χ0n) is 13.5. The predicted molar refractivity (Wildman–Crippen MR) is 96.5 cm³/mol. The van der Waals surface area contributed by atoms with Gasteiger partial charge in [0.1, 0.15) is 0 Å². The Kier molecular flexibility index (Phi) is 5.64. The van der Waals surface area contributed by atoms with E-state index in [1.165, 1.54) is 33.4 Å².